The van der Waals surface area contributed by atoms with Crippen molar-refractivity contribution in [1.29, 1.82) is 0 Å². The Morgan fingerprint density at radius 1 is 0.706 bits per heavy atom. The van der Waals surface area contributed by atoms with Gasteiger partial charge in [0.05, 0.1) is 50.1 Å². The summed E-state index contributed by atoms with van der Waals surface area (Å²) in [5.74, 6) is -3.55. The van der Waals surface area contributed by atoms with E-state index in [1.165, 1.54) is 13.8 Å². The van der Waals surface area contributed by atoms with Crippen LogP contribution in [0.5, 0.6) is 0 Å². The molecule has 0 heterocycles. The second kappa shape index (κ2) is 16.7. The second-order valence-corrected chi connectivity index (χ2v) is 12.4. The number of alkyl halides is 2. The Balaban J connectivity index is 3.98. The largest absolute Gasteiger partial charge is 0.375 e. The number of halogens is 4. The van der Waals surface area contributed by atoms with Crippen LogP contribution in [0.1, 0.15) is 26.7 Å². The molecule has 0 aromatic heterocycles. The van der Waals surface area contributed by atoms with Crippen molar-refractivity contribution in [3.63, 3.8) is 0 Å². The summed E-state index contributed by atoms with van der Waals surface area (Å²) < 4.78 is 89.6. The zero-order chi connectivity index (χ0) is 26.4. The maximum Gasteiger partial charge on any atom is 0.360 e. The first-order valence-electron chi connectivity index (χ1n) is 9.56. The molecule has 0 aliphatic heterocycles. The number of carbonyl (C=O) groups is 2. The number of rotatable bonds is 18. The zero-order valence-corrected chi connectivity index (χ0v) is 21.3. The molecule has 12 nitrogen and oxygen atoms in total. The van der Waals surface area contributed by atoms with Gasteiger partial charge in [-0.1, -0.05) is 0 Å². The monoisotopic (exact) mass is 582 g/mol. The lowest BCUT2D eigenvalue weighted by atomic mass is 10.4. The molecule has 0 radical (unpaired) electrons. The summed E-state index contributed by atoms with van der Waals surface area (Å²) in [4.78, 5) is 31.0. The first-order valence-corrected chi connectivity index (χ1v) is 14.5. The molecule has 0 aromatic carbocycles. The Hall–Kier alpha value is -0.880. The molecular formula is C16H26Cl2F2O12S2. The van der Waals surface area contributed by atoms with Crippen LogP contribution < -0.4 is 0 Å². The topological polar surface area (TPSA) is 158 Å². The van der Waals surface area contributed by atoms with Crippen LogP contribution >= 0.6 is 21.4 Å². The molecular weight excluding hydrogens is 557 g/mol. The van der Waals surface area contributed by atoms with Crippen LogP contribution in [0.4, 0.5) is 8.78 Å². The Labute approximate surface area is 204 Å². The van der Waals surface area contributed by atoms with Crippen molar-refractivity contribution in [2.75, 3.05) is 37.9 Å². The molecule has 0 aliphatic rings. The van der Waals surface area contributed by atoms with Crippen molar-refractivity contribution < 1.29 is 63.9 Å². The molecule has 0 saturated carbocycles. The summed E-state index contributed by atoms with van der Waals surface area (Å²) in [6, 6.07) is 0. The highest BCUT2D eigenvalue weighted by Crippen LogP contribution is 2.08. The normalized spacial score (nSPS) is 15.8. The Kier molecular flexibility index (Phi) is 16.3. The van der Waals surface area contributed by atoms with Gasteiger partial charge in [0.25, 0.3) is 0 Å². The van der Waals surface area contributed by atoms with Crippen molar-refractivity contribution in [3.05, 3.63) is 0 Å². The van der Waals surface area contributed by atoms with E-state index in [-0.39, 0.29) is 26.4 Å². The fraction of sp³-hybridized carbons (Fsp3) is 0.875. The van der Waals surface area contributed by atoms with Gasteiger partial charge in [-0.25, -0.2) is 45.0 Å². The molecule has 0 rings (SSSR count). The highest BCUT2D eigenvalue weighted by Gasteiger charge is 2.21. The van der Waals surface area contributed by atoms with E-state index < -0.39 is 79.3 Å². The van der Waals surface area contributed by atoms with E-state index >= 15 is 0 Å². The van der Waals surface area contributed by atoms with Gasteiger partial charge in [0.2, 0.25) is 30.8 Å². The third-order valence-corrected chi connectivity index (χ3v) is 5.60. The van der Waals surface area contributed by atoms with Gasteiger partial charge in [-0.15, -0.1) is 0 Å². The summed E-state index contributed by atoms with van der Waals surface area (Å²) in [5.41, 5.74) is 0. The van der Waals surface area contributed by atoms with Crippen LogP contribution in [0.15, 0.2) is 0 Å². The van der Waals surface area contributed by atoms with E-state index in [2.05, 4.69) is 19.2 Å². The average molecular weight is 583 g/mol. The molecule has 0 aliphatic carbocycles. The average Bonchev–Trinajstić information content (AvgIpc) is 2.67. The predicted octanol–water partition coefficient (Wildman–Crippen LogP) is 1.34. The number of hydrogen-bond donors (Lipinski definition) is 0. The minimum Gasteiger partial charge on any atom is -0.375 e. The van der Waals surface area contributed by atoms with Crippen molar-refractivity contribution in [2.45, 2.75) is 51.6 Å². The van der Waals surface area contributed by atoms with Gasteiger partial charge in [-0.05, 0) is 13.8 Å². The van der Waals surface area contributed by atoms with Gasteiger partial charge in [0.1, 0.15) is 12.8 Å². The first-order chi connectivity index (χ1) is 15.6. The van der Waals surface area contributed by atoms with Crippen LogP contribution in [0.2, 0.25) is 0 Å². The van der Waals surface area contributed by atoms with E-state index in [4.69, 9.17) is 30.8 Å². The van der Waals surface area contributed by atoms with E-state index in [1.807, 2.05) is 0 Å². The SMILES string of the molecule is CC(COC(F)CC(=O)OOC(=O)CC(F)OCC(C)OCCS(=O)(=O)Cl)OCCS(=O)(=O)Cl. The van der Waals surface area contributed by atoms with E-state index in [1.54, 1.807) is 0 Å². The van der Waals surface area contributed by atoms with Gasteiger partial charge < -0.3 is 18.9 Å². The summed E-state index contributed by atoms with van der Waals surface area (Å²) >= 11 is 0. The number of hydrogen-bond acceptors (Lipinski definition) is 12. The smallest absolute Gasteiger partial charge is 0.360 e. The number of carbonyl (C=O) groups excluding carboxylic acids is 2. The molecule has 4 atom stereocenters. The van der Waals surface area contributed by atoms with Gasteiger partial charge in [0.15, 0.2) is 0 Å². The van der Waals surface area contributed by atoms with E-state index in [0.29, 0.717) is 0 Å². The van der Waals surface area contributed by atoms with Gasteiger partial charge in [0, 0.05) is 21.4 Å². The molecule has 0 spiro atoms. The Morgan fingerprint density at radius 3 is 1.32 bits per heavy atom. The number of ether oxygens (including phenoxy) is 4. The highest BCUT2D eigenvalue weighted by molar-refractivity contribution is 8.14. The molecule has 34 heavy (non-hydrogen) atoms. The summed E-state index contributed by atoms with van der Waals surface area (Å²) in [6.45, 7) is 1.77. The minimum atomic E-state index is -3.73. The molecule has 0 saturated heterocycles. The van der Waals surface area contributed by atoms with Crippen molar-refractivity contribution in [1.82, 2.24) is 0 Å². The first kappa shape index (κ1) is 33.1. The van der Waals surface area contributed by atoms with Gasteiger partial charge in [-0.2, -0.15) is 0 Å². The molecule has 0 N–H and O–H groups in total. The van der Waals surface area contributed by atoms with Crippen LogP contribution in [-0.4, -0.2) is 91.6 Å². The van der Waals surface area contributed by atoms with Crippen LogP contribution in [0, 0.1) is 0 Å². The van der Waals surface area contributed by atoms with Crippen LogP contribution in [0.25, 0.3) is 0 Å². The van der Waals surface area contributed by atoms with Gasteiger partial charge in [-0.3, -0.25) is 0 Å². The van der Waals surface area contributed by atoms with Crippen molar-refractivity contribution in [2.24, 2.45) is 0 Å². The lowest BCUT2D eigenvalue weighted by Crippen LogP contribution is -2.25. The molecule has 0 aromatic rings. The lowest BCUT2D eigenvalue weighted by molar-refractivity contribution is -0.264. The van der Waals surface area contributed by atoms with Gasteiger partial charge >= 0.3 is 11.9 Å². The zero-order valence-electron chi connectivity index (χ0n) is 18.2. The van der Waals surface area contributed by atoms with Crippen LogP contribution in [0.3, 0.4) is 0 Å². The quantitative estimate of drug-likeness (QED) is 0.130. The van der Waals surface area contributed by atoms with Crippen molar-refractivity contribution in [3.8, 4) is 0 Å². The third-order valence-electron chi connectivity index (χ3n) is 3.36. The molecule has 4 unspecified atom stereocenters. The van der Waals surface area contributed by atoms with Crippen LogP contribution in [-0.2, 0) is 56.4 Å². The van der Waals surface area contributed by atoms with Crippen molar-refractivity contribution >= 4 is 51.4 Å². The fourth-order valence-corrected chi connectivity index (χ4v) is 2.78. The predicted molar refractivity (Wildman–Crippen MR) is 113 cm³/mol. The summed E-state index contributed by atoms with van der Waals surface area (Å²) in [6.07, 6.45) is -7.65. The molecule has 202 valence electrons. The molecule has 0 fully saturated rings. The maximum absolute atomic E-state index is 13.6. The Bertz CT molecular complexity index is 760. The summed E-state index contributed by atoms with van der Waals surface area (Å²) in [5, 5.41) is 0. The highest BCUT2D eigenvalue weighted by atomic mass is 35.7. The minimum absolute atomic E-state index is 0.241. The fourth-order valence-electron chi connectivity index (χ4n) is 1.81. The molecule has 18 heteroatoms. The third kappa shape index (κ3) is 21.6. The second-order valence-electron chi connectivity index (χ2n) is 6.65. The van der Waals surface area contributed by atoms with E-state index in [9.17, 15) is 35.2 Å². The standard InChI is InChI=1S/C16H26Cl2F2O12S2/c1-11(27-3-5-33(17,23)24)9-29-13(19)7-15(21)31-32-16(22)8-14(20)30-10-12(2)28-4-6-34(18,25)26/h11-14H,3-10H2,1-2H3. The maximum atomic E-state index is 13.6. The Morgan fingerprint density at radius 2 is 1.03 bits per heavy atom. The van der Waals surface area contributed by atoms with E-state index in [0.717, 1.165) is 0 Å². The summed E-state index contributed by atoms with van der Waals surface area (Å²) in [7, 11) is 2.53. The lowest BCUT2D eigenvalue weighted by Gasteiger charge is -2.15. The molecule has 0 amide bonds. The molecule has 0 bridgehead atoms.